The van der Waals surface area contributed by atoms with E-state index in [1.54, 1.807) is 0 Å². The molecular formula is C17H17NO6S. The number of fused-ring (bicyclic) bond motifs is 1. The fourth-order valence-corrected chi connectivity index (χ4v) is 4.11. The molecule has 0 saturated carbocycles. The van der Waals surface area contributed by atoms with E-state index in [1.165, 1.54) is 24.3 Å². The van der Waals surface area contributed by atoms with Gasteiger partial charge in [-0.2, -0.15) is 0 Å². The van der Waals surface area contributed by atoms with Gasteiger partial charge in [0.05, 0.1) is 17.1 Å². The summed E-state index contributed by atoms with van der Waals surface area (Å²) in [6.07, 6.45) is 2.33. The number of ether oxygens (including phenoxy) is 1. The highest BCUT2D eigenvalue weighted by molar-refractivity contribution is 7.91. The number of carbonyl (C=O) groups excluding carboxylic acids is 3. The molecule has 1 aromatic carbocycles. The highest BCUT2D eigenvalue weighted by Gasteiger charge is 2.26. The molecule has 1 aliphatic carbocycles. The van der Waals surface area contributed by atoms with Crippen LogP contribution in [0.4, 0.5) is 0 Å². The Hall–Kier alpha value is -2.32. The van der Waals surface area contributed by atoms with Crippen molar-refractivity contribution in [1.29, 1.82) is 0 Å². The van der Waals surface area contributed by atoms with E-state index >= 15 is 0 Å². The quantitative estimate of drug-likeness (QED) is 0.719. The van der Waals surface area contributed by atoms with Crippen LogP contribution in [-0.2, 0) is 14.6 Å². The molecule has 0 atom stereocenters. The first-order valence-corrected chi connectivity index (χ1v) is 9.69. The van der Waals surface area contributed by atoms with Crippen molar-refractivity contribution < 1.29 is 27.5 Å². The summed E-state index contributed by atoms with van der Waals surface area (Å²) in [7, 11) is -2.95. The Kier molecular flexibility index (Phi) is 4.82. The molecule has 0 bridgehead atoms. The molecule has 1 aliphatic heterocycles. The summed E-state index contributed by atoms with van der Waals surface area (Å²) in [4.78, 5) is 38.1. The molecule has 2 aliphatic rings. The molecule has 25 heavy (non-hydrogen) atoms. The molecule has 1 saturated heterocycles. The fraction of sp³-hybridized carbons (Fsp3) is 0.353. The number of carbonyl (C=O) groups is 3. The second-order valence-corrected chi connectivity index (χ2v) is 8.22. The number of sulfone groups is 1. The largest absolute Gasteiger partial charge is 0.461 e. The second-order valence-electron chi connectivity index (χ2n) is 5.92. The standard InChI is InChI=1S/C17H17NO6S/c19-14-4-5-15(20)16-12(14)2-1-3-13(16)17(21)24-9-6-18-7-10-25(22,23)11-8-18/h1-5H,6-11H2. The van der Waals surface area contributed by atoms with Crippen LogP contribution in [0.25, 0.3) is 0 Å². The van der Waals surface area contributed by atoms with E-state index in [0.717, 1.165) is 6.08 Å². The summed E-state index contributed by atoms with van der Waals surface area (Å²) >= 11 is 0. The maximum absolute atomic E-state index is 12.3. The van der Waals surface area contributed by atoms with Crippen LogP contribution in [-0.4, -0.2) is 68.6 Å². The number of ketones is 2. The van der Waals surface area contributed by atoms with Crippen LogP contribution in [0.5, 0.6) is 0 Å². The van der Waals surface area contributed by atoms with Gasteiger partial charge in [0, 0.05) is 30.8 Å². The molecule has 1 aromatic rings. The van der Waals surface area contributed by atoms with Gasteiger partial charge in [-0.1, -0.05) is 12.1 Å². The molecule has 7 nitrogen and oxygen atoms in total. The van der Waals surface area contributed by atoms with Gasteiger partial charge in [0.25, 0.3) is 0 Å². The van der Waals surface area contributed by atoms with Crippen molar-refractivity contribution in [3.05, 3.63) is 47.0 Å². The highest BCUT2D eigenvalue weighted by atomic mass is 32.2. The third-order valence-corrected chi connectivity index (χ3v) is 5.87. The van der Waals surface area contributed by atoms with Crippen molar-refractivity contribution in [3.8, 4) is 0 Å². The number of benzene rings is 1. The van der Waals surface area contributed by atoms with Crippen molar-refractivity contribution >= 4 is 27.4 Å². The van der Waals surface area contributed by atoms with Crippen molar-refractivity contribution in [2.75, 3.05) is 37.7 Å². The Morgan fingerprint density at radius 2 is 1.76 bits per heavy atom. The van der Waals surface area contributed by atoms with Gasteiger partial charge in [-0.05, 0) is 18.2 Å². The van der Waals surface area contributed by atoms with Crippen LogP contribution in [0.3, 0.4) is 0 Å². The molecule has 0 radical (unpaired) electrons. The van der Waals surface area contributed by atoms with Crippen molar-refractivity contribution in [3.63, 3.8) is 0 Å². The van der Waals surface area contributed by atoms with E-state index in [2.05, 4.69) is 0 Å². The van der Waals surface area contributed by atoms with Gasteiger partial charge in [-0.25, -0.2) is 13.2 Å². The Morgan fingerprint density at radius 1 is 1.08 bits per heavy atom. The topological polar surface area (TPSA) is 97.8 Å². The normalized spacial score (nSPS) is 19.5. The summed E-state index contributed by atoms with van der Waals surface area (Å²) in [5.74, 6) is -1.17. The van der Waals surface area contributed by atoms with E-state index < -0.39 is 21.6 Å². The van der Waals surface area contributed by atoms with Crippen LogP contribution in [0.2, 0.25) is 0 Å². The molecule has 1 heterocycles. The molecule has 0 N–H and O–H groups in total. The third-order valence-electron chi connectivity index (χ3n) is 4.26. The monoisotopic (exact) mass is 363 g/mol. The zero-order valence-corrected chi connectivity index (χ0v) is 14.3. The van der Waals surface area contributed by atoms with Gasteiger partial charge in [0.2, 0.25) is 0 Å². The minimum absolute atomic E-state index is 0.0708. The number of esters is 1. The van der Waals surface area contributed by atoms with Crippen LogP contribution >= 0.6 is 0 Å². The number of nitrogens with zero attached hydrogens (tertiary/aromatic N) is 1. The molecule has 0 aromatic heterocycles. The zero-order chi connectivity index (χ0) is 18.0. The highest BCUT2D eigenvalue weighted by Crippen LogP contribution is 2.21. The van der Waals surface area contributed by atoms with Gasteiger partial charge in [0.1, 0.15) is 6.61 Å². The summed E-state index contributed by atoms with van der Waals surface area (Å²) < 4.78 is 28.0. The Morgan fingerprint density at radius 3 is 2.48 bits per heavy atom. The van der Waals surface area contributed by atoms with E-state index in [1.807, 2.05) is 4.90 Å². The molecular weight excluding hydrogens is 346 g/mol. The lowest BCUT2D eigenvalue weighted by Crippen LogP contribution is -2.41. The Labute approximate surface area is 145 Å². The van der Waals surface area contributed by atoms with E-state index in [4.69, 9.17) is 4.74 Å². The molecule has 0 amide bonds. The minimum Gasteiger partial charge on any atom is -0.461 e. The first kappa shape index (κ1) is 17.5. The van der Waals surface area contributed by atoms with Gasteiger partial charge in [-0.15, -0.1) is 0 Å². The molecule has 132 valence electrons. The van der Waals surface area contributed by atoms with Gasteiger partial charge >= 0.3 is 5.97 Å². The van der Waals surface area contributed by atoms with Crippen molar-refractivity contribution in [1.82, 2.24) is 4.90 Å². The predicted octanol–water partition coefficient (Wildman–Crippen LogP) is 0.509. The maximum Gasteiger partial charge on any atom is 0.338 e. The lowest BCUT2D eigenvalue weighted by atomic mass is 9.91. The van der Waals surface area contributed by atoms with E-state index in [9.17, 15) is 22.8 Å². The Balaban J connectivity index is 1.63. The van der Waals surface area contributed by atoms with Crippen molar-refractivity contribution in [2.45, 2.75) is 0 Å². The summed E-state index contributed by atoms with van der Waals surface area (Å²) in [5.41, 5.74) is 0.341. The average molecular weight is 363 g/mol. The third kappa shape index (κ3) is 3.85. The first-order chi connectivity index (χ1) is 11.9. The molecule has 0 unspecified atom stereocenters. The zero-order valence-electron chi connectivity index (χ0n) is 13.4. The molecule has 8 heteroatoms. The number of hydrogen-bond acceptors (Lipinski definition) is 7. The Bertz CT molecular complexity index is 857. The molecule has 1 fully saturated rings. The van der Waals surface area contributed by atoms with Crippen LogP contribution in [0, 0.1) is 0 Å². The maximum atomic E-state index is 12.3. The predicted molar refractivity (Wildman–Crippen MR) is 89.6 cm³/mol. The van der Waals surface area contributed by atoms with Crippen molar-refractivity contribution in [2.24, 2.45) is 0 Å². The average Bonchev–Trinajstić information content (AvgIpc) is 2.59. The summed E-state index contributed by atoms with van der Waals surface area (Å²) in [5, 5.41) is 0. The van der Waals surface area contributed by atoms with Crippen LogP contribution in [0.1, 0.15) is 31.1 Å². The lowest BCUT2D eigenvalue weighted by molar-refractivity contribution is 0.0463. The minimum atomic E-state index is -2.95. The van der Waals surface area contributed by atoms with E-state index in [0.29, 0.717) is 19.6 Å². The van der Waals surface area contributed by atoms with Gasteiger partial charge in [-0.3, -0.25) is 14.5 Å². The van der Waals surface area contributed by atoms with E-state index in [-0.39, 0.29) is 40.6 Å². The lowest BCUT2D eigenvalue weighted by Gasteiger charge is -2.26. The second kappa shape index (κ2) is 6.89. The number of hydrogen-bond donors (Lipinski definition) is 0. The van der Waals surface area contributed by atoms with Crippen LogP contribution in [0.15, 0.2) is 30.4 Å². The summed E-state index contributed by atoms with van der Waals surface area (Å²) in [6, 6.07) is 4.50. The SMILES string of the molecule is O=C1C=CC(=O)c2c1cccc2C(=O)OCCN1CCS(=O)(=O)CC1. The van der Waals surface area contributed by atoms with Gasteiger partial charge < -0.3 is 4.74 Å². The summed E-state index contributed by atoms with van der Waals surface area (Å²) in [6.45, 7) is 1.33. The van der Waals surface area contributed by atoms with Gasteiger partial charge in [0.15, 0.2) is 21.4 Å². The number of allylic oxidation sites excluding steroid dienone is 2. The van der Waals surface area contributed by atoms with Crippen LogP contribution < -0.4 is 0 Å². The fourth-order valence-electron chi connectivity index (χ4n) is 2.84. The first-order valence-electron chi connectivity index (χ1n) is 7.87. The number of rotatable bonds is 4. The smallest absolute Gasteiger partial charge is 0.338 e. The molecule has 3 rings (SSSR count). The molecule has 0 spiro atoms.